The van der Waals surface area contributed by atoms with Crippen molar-refractivity contribution in [2.75, 3.05) is 6.61 Å². The van der Waals surface area contributed by atoms with E-state index in [1.54, 1.807) is 6.07 Å². The third-order valence-electron chi connectivity index (χ3n) is 2.29. The van der Waals surface area contributed by atoms with Gasteiger partial charge >= 0.3 is 0 Å². The van der Waals surface area contributed by atoms with Crippen LogP contribution in [0.5, 0.6) is 5.75 Å². The molecule has 0 aliphatic heterocycles. The molecule has 0 amide bonds. The molecule has 2 rings (SSSR count). The van der Waals surface area contributed by atoms with Crippen LogP contribution in [0.3, 0.4) is 0 Å². The second-order valence-electron chi connectivity index (χ2n) is 3.73. The lowest BCUT2D eigenvalue weighted by atomic mass is 10.2. The first kappa shape index (κ1) is 12.8. The maximum absolute atomic E-state index is 13.1. The molecule has 18 heavy (non-hydrogen) atoms. The average molecular weight is 307 g/mol. The minimum atomic E-state index is -0.314. The first-order valence-corrected chi connectivity index (χ1v) is 6.34. The Morgan fingerprint density at radius 3 is 2.61 bits per heavy atom. The van der Waals surface area contributed by atoms with Crippen molar-refractivity contribution in [2.24, 2.45) is 0 Å². The fourth-order valence-electron chi connectivity index (χ4n) is 1.50. The first-order valence-electron chi connectivity index (χ1n) is 5.54. The normalized spacial score (nSPS) is 10.8. The Morgan fingerprint density at radius 2 is 1.89 bits per heavy atom. The van der Waals surface area contributed by atoms with Gasteiger partial charge in [0.05, 0.1) is 0 Å². The molecule has 0 aliphatic rings. The van der Waals surface area contributed by atoms with E-state index in [0.717, 1.165) is 5.56 Å². The molecule has 0 atom stereocenters. The predicted molar refractivity (Wildman–Crippen MR) is 75.1 cm³/mol. The van der Waals surface area contributed by atoms with Crippen molar-refractivity contribution in [1.82, 2.24) is 0 Å². The van der Waals surface area contributed by atoms with Gasteiger partial charge in [-0.2, -0.15) is 0 Å². The Bertz CT molecular complexity index is 517. The first-order chi connectivity index (χ1) is 8.74. The Hall–Kier alpha value is -1.61. The Morgan fingerprint density at radius 1 is 1.11 bits per heavy atom. The number of hydrogen-bond donors (Lipinski definition) is 0. The summed E-state index contributed by atoms with van der Waals surface area (Å²) in [6.45, 7) is 0.408. The molecule has 0 radical (unpaired) electrons. The molecule has 0 aliphatic carbocycles. The molecule has 0 N–H and O–H groups in total. The van der Waals surface area contributed by atoms with Gasteiger partial charge in [-0.1, -0.05) is 52.3 Å². The van der Waals surface area contributed by atoms with E-state index in [4.69, 9.17) is 4.74 Å². The van der Waals surface area contributed by atoms with Crippen LogP contribution in [0.4, 0.5) is 4.39 Å². The van der Waals surface area contributed by atoms with E-state index in [-0.39, 0.29) is 5.82 Å². The van der Waals surface area contributed by atoms with Crippen LogP contribution in [-0.2, 0) is 0 Å². The van der Waals surface area contributed by atoms with E-state index >= 15 is 0 Å². The fourth-order valence-corrected chi connectivity index (χ4v) is 1.95. The number of hydrogen-bond acceptors (Lipinski definition) is 1. The molecule has 92 valence electrons. The van der Waals surface area contributed by atoms with E-state index in [2.05, 4.69) is 15.9 Å². The van der Waals surface area contributed by atoms with Crippen LogP contribution < -0.4 is 4.74 Å². The quantitative estimate of drug-likeness (QED) is 0.797. The second-order valence-corrected chi connectivity index (χ2v) is 4.64. The van der Waals surface area contributed by atoms with Gasteiger partial charge < -0.3 is 4.74 Å². The zero-order valence-electron chi connectivity index (χ0n) is 9.64. The maximum atomic E-state index is 13.1. The zero-order chi connectivity index (χ0) is 12.8. The van der Waals surface area contributed by atoms with Crippen LogP contribution in [-0.4, -0.2) is 6.61 Å². The molecule has 0 heterocycles. The second kappa shape index (κ2) is 6.36. The fraction of sp³-hybridized carbons (Fsp3) is 0.0667. The largest absolute Gasteiger partial charge is 0.489 e. The van der Waals surface area contributed by atoms with Gasteiger partial charge in [0.2, 0.25) is 0 Å². The lowest BCUT2D eigenvalue weighted by Gasteiger charge is -2.03. The van der Waals surface area contributed by atoms with Crippen LogP contribution in [0.15, 0.2) is 59.1 Å². The number of ether oxygens (including phenoxy) is 1. The molecule has 0 saturated heterocycles. The van der Waals surface area contributed by atoms with Crippen LogP contribution in [0.2, 0.25) is 0 Å². The highest BCUT2D eigenvalue weighted by atomic mass is 79.9. The van der Waals surface area contributed by atoms with Gasteiger partial charge in [-0.25, -0.2) is 4.39 Å². The summed E-state index contributed by atoms with van der Waals surface area (Å²) in [6.07, 6.45) is 3.86. The summed E-state index contributed by atoms with van der Waals surface area (Å²) in [5, 5.41) is 0. The highest BCUT2D eigenvalue weighted by Gasteiger charge is 1.98. The van der Waals surface area contributed by atoms with E-state index < -0.39 is 0 Å². The van der Waals surface area contributed by atoms with E-state index in [9.17, 15) is 4.39 Å². The summed E-state index contributed by atoms with van der Waals surface area (Å²) >= 11 is 3.22. The average Bonchev–Trinajstić information content (AvgIpc) is 2.35. The Kier molecular flexibility index (Phi) is 4.53. The van der Waals surface area contributed by atoms with Gasteiger partial charge in [0.1, 0.15) is 18.2 Å². The van der Waals surface area contributed by atoms with Crippen molar-refractivity contribution in [3.63, 3.8) is 0 Å². The molecule has 2 aromatic rings. The summed E-state index contributed by atoms with van der Waals surface area (Å²) in [5.41, 5.74) is 1.11. The van der Waals surface area contributed by atoms with Crippen molar-refractivity contribution in [1.29, 1.82) is 0 Å². The molecular weight excluding hydrogens is 295 g/mol. The zero-order valence-corrected chi connectivity index (χ0v) is 11.2. The monoisotopic (exact) mass is 306 g/mol. The minimum absolute atomic E-state index is 0.314. The molecule has 2 aromatic carbocycles. The summed E-state index contributed by atoms with van der Waals surface area (Å²) in [5.74, 6) is 0.200. The third-order valence-corrected chi connectivity index (χ3v) is 2.75. The van der Waals surface area contributed by atoms with Crippen LogP contribution >= 0.6 is 15.9 Å². The third kappa shape index (κ3) is 4.00. The number of rotatable bonds is 4. The van der Waals surface area contributed by atoms with Gasteiger partial charge in [0.15, 0.2) is 0 Å². The Balaban J connectivity index is 1.90. The van der Waals surface area contributed by atoms with E-state index in [0.29, 0.717) is 16.8 Å². The summed E-state index contributed by atoms with van der Waals surface area (Å²) in [6, 6.07) is 14.4. The molecule has 1 nitrogen and oxygen atoms in total. The molecular formula is C15H12BrFO. The lowest BCUT2D eigenvalue weighted by Crippen LogP contribution is -1.93. The number of halogens is 2. The van der Waals surface area contributed by atoms with Crippen LogP contribution in [0.1, 0.15) is 5.56 Å². The molecule has 0 unspecified atom stereocenters. The molecule has 0 fully saturated rings. The van der Waals surface area contributed by atoms with Crippen molar-refractivity contribution in [3.05, 3.63) is 70.5 Å². The minimum Gasteiger partial charge on any atom is -0.489 e. The molecule has 0 bridgehead atoms. The van der Waals surface area contributed by atoms with Gasteiger partial charge in [0, 0.05) is 10.5 Å². The van der Waals surface area contributed by atoms with Crippen molar-refractivity contribution >= 4 is 22.0 Å². The Labute approximate surface area is 114 Å². The molecule has 0 saturated carbocycles. The summed E-state index contributed by atoms with van der Waals surface area (Å²) < 4.78 is 19.2. The summed E-state index contributed by atoms with van der Waals surface area (Å²) in [4.78, 5) is 0. The van der Waals surface area contributed by atoms with Gasteiger partial charge in [-0.05, 0) is 23.8 Å². The maximum Gasteiger partial charge on any atom is 0.128 e. The topological polar surface area (TPSA) is 9.23 Å². The van der Waals surface area contributed by atoms with Gasteiger partial charge in [0.25, 0.3) is 0 Å². The van der Waals surface area contributed by atoms with Crippen molar-refractivity contribution in [2.45, 2.75) is 0 Å². The molecule has 0 aromatic heterocycles. The van der Waals surface area contributed by atoms with E-state index in [1.165, 1.54) is 12.1 Å². The van der Waals surface area contributed by atoms with Crippen molar-refractivity contribution in [3.8, 4) is 5.75 Å². The molecule has 3 heteroatoms. The van der Waals surface area contributed by atoms with Gasteiger partial charge in [-0.15, -0.1) is 0 Å². The van der Waals surface area contributed by atoms with Crippen molar-refractivity contribution < 1.29 is 9.13 Å². The lowest BCUT2D eigenvalue weighted by molar-refractivity contribution is 0.361. The standard InChI is InChI=1S/C15H12BrFO/c16-13-9-14(17)11-15(10-13)18-8-4-7-12-5-2-1-3-6-12/h1-7,9-11H,8H2/b7-4+. The van der Waals surface area contributed by atoms with E-state index in [1.807, 2.05) is 42.5 Å². The number of benzene rings is 2. The van der Waals surface area contributed by atoms with Crippen LogP contribution in [0, 0.1) is 5.82 Å². The predicted octanol–water partition coefficient (Wildman–Crippen LogP) is 4.68. The summed E-state index contributed by atoms with van der Waals surface area (Å²) in [7, 11) is 0. The highest BCUT2D eigenvalue weighted by Crippen LogP contribution is 2.20. The smallest absolute Gasteiger partial charge is 0.128 e. The highest BCUT2D eigenvalue weighted by molar-refractivity contribution is 9.10. The molecule has 0 spiro atoms. The van der Waals surface area contributed by atoms with Gasteiger partial charge in [-0.3, -0.25) is 0 Å². The SMILES string of the molecule is Fc1cc(Br)cc(OC/C=C/c2ccccc2)c1. The van der Waals surface area contributed by atoms with Crippen LogP contribution in [0.25, 0.3) is 6.08 Å².